The second kappa shape index (κ2) is 3.69. The molecule has 0 aromatic carbocycles. The van der Waals surface area contributed by atoms with Crippen LogP contribution in [-0.4, -0.2) is 22.8 Å². The molecule has 11 heavy (non-hydrogen) atoms. The van der Waals surface area contributed by atoms with Crippen molar-refractivity contribution < 1.29 is 8.85 Å². The molecule has 1 aliphatic rings. The van der Waals surface area contributed by atoms with Gasteiger partial charge in [-0.3, -0.25) is 0 Å². The lowest BCUT2D eigenvalue weighted by molar-refractivity contribution is 0.218. The summed E-state index contributed by atoms with van der Waals surface area (Å²) in [6.07, 6.45) is 3.93. The minimum Gasteiger partial charge on any atom is -0.397 e. The van der Waals surface area contributed by atoms with Crippen molar-refractivity contribution in [1.82, 2.24) is 0 Å². The molecule has 0 aromatic rings. The zero-order valence-corrected chi connectivity index (χ0v) is 8.72. The summed E-state index contributed by atoms with van der Waals surface area (Å²) in [6, 6.07) is 1.18. The van der Waals surface area contributed by atoms with Gasteiger partial charge in [0.1, 0.15) is 0 Å². The Morgan fingerprint density at radius 3 is 2.18 bits per heavy atom. The van der Waals surface area contributed by atoms with Crippen molar-refractivity contribution in [3.8, 4) is 0 Å². The molecule has 1 unspecified atom stereocenters. The molecule has 1 saturated heterocycles. The van der Waals surface area contributed by atoms with Gasteiger partial charge in [0.2, 0.25) is 0 Å². The third-order valence-corrected chi connectivity index (χ3v) is 7.08. The average Bonchev–Trinajstić information content (AvgIpc) is 2.06. The predicted molar refractivity (Wildman–Crippen MR) is 47.9 cm³/mol. The second-order valence-corrected chi connectivity index (χ2v) is 7.29. The Balaban J connectivity index is 2.61. The van der Waals surface area contributed by atoms with Gasteiger partial charge in [-0.1, -0.05) is 19.8 Å². The van der Waals surface area contributed by atoms with Crippen LogP contribution >= 0.6 is 0 Å². The minimum absolute atomic E-state index is 0.672. The molecule has 0 aromatic heterocycles. The summed E-state index contributed by atoms with van der Waals surface area (Å²) in [5.41, 5.74) is 0.672. The first-order valence-electron chi connectivity index (χ1n) is 4.35. The summed E-state index contributed by atoms with van der Waals surface area (Å²) >= 11 is 0. The lowest BCUT2D eigenvalue weighted by Crippen LogP contribution is -2.45. The predicted octanol–water partition coefficient (Wildman–Crippen LogP) is 2.30. The fourth-order valence-electron chi connectivity index (χ4n) is 1.98. The van der Waals surface area contributed by atoms with E-state index in [-0.39, 0.29) is 0 Å². The minimum atomic E-state index is -1.73. The van der Waals surface area contributed by atoms with Crippen molar-refractivity contribution in [2.24, 2.45) is 0 Å². The van der Waals surface area contributed by atoms with E-state index >= 15 is 0 Å². The maximum Gasteiger partial charge on any atom is 0.340 e. The fourth-order valence-corrected chi connectivity index (χ4v) is 5.24. The van der Waals surface area contributed by atoms with Crippen LogP contribution < -0.4 is 0 Å². The van der Waals surface area contributed by atoms with Crippen LogP contribution in [0.4, 0.5) is 0 Å². The molecule has 1 fully saturated rings. The van der Waals surface area contributed by atoms with E-state index in [9.17, 15) is 0 Å². The first-order valence-corrected chi connectivity index (χ1v) is 6.45. The van der Waals surface area contributed by atoms with E-state index < -0.39 is 8.56 Å². The molecule has 1 aliphatic heterocycles. The van der Waals surface area contributed by atoms with Crippen LogP contribution in [0.3, 0.4) is 0 Å². The molecule has 0 aliphatic carbocycles. The first-order chi connectivity index (χ1) is 5.25. The van der Waals surface area contributed by atoms with Crippen LogP contribution in [0.15, 0.2) is 0 Å². The highest BCUT2D eigenvalue weighted by molar-refractivity contribution is 6.69. The average molecular weight is 174 g/mol. The van der Waals surface area contributed by atoms with Crippen molar-refractivity contribution in [3.63, 3.8) is 0 Å². The van der Waals surface area contributed by atoms with Crippen molar-refractivity contribution in [1.29, 1.82) is 0 Å². The molecule has 66 valence electrons. The van der Waals surface area contributed by atoms with E-state index in [0.717, 1.165) is 0 Å². The highest BCUT2D eigenvalue weighted by Gasteiger charge is 2.43. The molecule has 0 spiro atoms. The molecule has 0 N–H and O–H groups in total. The Kier molecular flexibility index (Phi) is 3.10. The lowest BCUT2D eigenvalue weighted by atomic mass is 10.2. The van der Waals surface area contributed by atoms with Crippen LogP contribution in [0.1, 0.15) is 26.2 Å². The smallest absolute Gasteiger partial charge is 0.340 e. The molecule has 0 amide bonds. The van der Waals surface area contributed by atoms with Gasteiger partial charge >= 0.3 is 8.56 Å². The highest BCUT2D eigenvalue weighted by atomic mass is 28.4. The highest BCUT2D eigenvalue weighted by Crippen LogP contribution is 2.37. The molecular formula is C8H18O2Si. The maximum absolute atomic E-state index is 5.56. The Bertz CT molecular complexity index is 123. The van der Waals surface area contributed by atoms with E-state index in [1.807, 2.05) is 0 Å². The summed E-state index contributed by atoms with van der Waals surface area (Å²) in [6.45, 7) is 2.26. The summed E-state index contributed by atoms with van der Waals surface area (Å²) in [5, 5.41) is 0. The molecule has 0 saturated carbocycles. The number of hydrogen-bond acceptors (Lipinski definition) is 2. The van der Waals surface area contributed by atoms with Crippen molar-refractivity contribution in [3.05, 3.63) is 0 Å². The monoisotopic (exact) mass is 174 g/mol. The molecule has 0 radical (unpaired) electrons. The quantitative estimate of drug-likeness (QED) is 0.598. The third-order valence-electron chi connectivity index (χ3n) is 2.85. The van der Waals surface area contributed by atoms with Crippen molar-refractivity contribution >= 4 is 8.56 Å². The summed E-state index contributed by atoms with van der Waals surface area (Å²) in [7, 11) is 1.87. The Hall–Kier alpha value is 0.137. The molecule has 1 rings (SSSR count). The van der Waals surface area contributed by atoms with Gasteiger partial charge < -0.3 is 8.85 Å². The Labute approximate surface area is 70.1 Å². The first kappa shape index (κ1) is 9.23. The van der Waals surface area contributed by atoms with E-state index in [2.05, 4.69) is 6.92 Å². The van der Waals surface area contributed by atoms with E-state index in [1.165, 1.54) is 25.3 Å². The van der Waals surface area contributed by atoms with Gasteiger partial charge in [-0.2, -0.15) is 0 Å². The van der Waals surface area contributed by atoms with Crippen LogP contribution in [0.25, 0.3) is 0 Å². The summed E-state index contributed by atoms with van der Waals surface area (Å²) in [4.78, 5) is 0. The Morgan fingerprint density at radius 2 is 1.82 bits per heavy atom. The molecule has 2 nitrogen and oxygen atoms in total. The molecular weight excluding hydrogens is 156 g/mol. The SMILES string of the molecule is CO[Si]1(OC)CCCCC1C. The van der Waals surface area contributed by atoms with E-state index in [4.69, 9.17) is 8.85 Å². The summed E-state index contributed by atoms with van der Waals surface area (Å²) < 4.78 is 11.1. The van der Waals surface area contributed by atoms with E-state index in [0.29, 0.717) is 5.54 Å². The van der Waals surface area contributed by atoms with Gasteiger partial charge in [-0.15, -0.1) is 0 Å². The Morgan fingerprint density at radius 1 is 1.18 bits per heavy atom. The zero-order chi connectivity index (χ0) is 8.32. The van der Waals surface area contributed by atoms with Gasteiger partial charge in [0.15, 0.2) is 0 Å². The van der Waals surface area contributed by atoms with Gasteiger partial charge in [-0.25, -0.2) is 0 Å². The fraction of sp³-hybridized carbons (Fsp3) is 1.00. The molecule has 3 heteroatoms. The largest absolute Gasteiger partial charge is 0.397 e. The molecule has 0 bridgehead atoms. The van der Waals surface area contributed by atoms with Crippen LogP contribution in [0, 0.1) is 0 Å². The zero-order valence-electron chi connectivity index (χ0n) is 7.72. The molecule has 1 atom stereocenters. The van der Waals surface area contributed by atoms with Crippen LogP contribution in [0.5, 0.6) is 0 Å². The number of rotatable bonds is 2. The normalized spacial score (nSPS) is 30.3. The van der Waals surface area contributed by atoms with Crippen molar-refractivity contribution in [2.75, 3.05) is 14.2 Å². The van der Waals surface area contributed by atoms with Gasteiger partial charge in [0.05, 0.1) is 0 Å². The lowest BCUT2D eigenvalue weighted by Gasteiger charge is -2.36. The van der Waals surface area contributed by atoms with Crippen LogP contribution in [0.2, 0.25) is 11.6 Å². The maximum atomic E-state index is 5.56. The van der Waals surface area contributed by atoms with Gasteiger partial charge in [-0.05, 0) is 18.0 Å². The van der Waals surface area contributed by atoms with Crippen molar-refractivity contribution in [2.45, 2.75) is 37.8 Å². The standard InChI is InChI=1S/C8H18O2Si/c1-8-6-4-5-7-11(8,9-2)10-3/h8H,4-7H2,1-3H3. The van der Waals surface area contributed by atoms with Gasteiger partial charge in [0.25, 0.3) is 0 Å². The summed E-state index contributed by atoms with van der Waals surface area (Å²) in [5.74, 6) is 0. The molecule has 1 heterocycles. The number of hydrogen-bond donors (Lipinski definition) is 0. The topological polar surface area (TPSA) is 18.5 Å². The van der Waals surface area contributed by atoms with E-state index in [1.54, 1.807) is 14.2 Å². The third kappa shape index (κ3) is 1.66. The van der Waals surface area contributed by atoms with Crippen LogP contribution in [-0.2, 0) is 8.85 Å². The van der Waals surface area contributed by atoms with Gasteiger partial charge in [0, 0.05) is 14.2 Å². The second-order valence-electron chi connectivity index (χ2n) is 3.37.